The first-order chi connectivity index (χ1) is 21.3. The fraction of sp³-hybridized carbons (Fsp3) is 0.545. The summed E-state index contributed by atoms with van der Waals surface area (Å²) in [4.78, 5) is 28.8. The Hall–Kier alpha value is -2.03. The van der Waals surface area contributed by atoms with Gasteiger partial charge in [0.05, 0.1) is 32.9 Å². The van der Waals surface area contributed by atoms with Gasteiger partial charge in [-0.05, 0) is 62.7 Å². The summed E-state index contributed by atoms with van der Waals surface area (Å²) in [6.07, 6.45) is 15.2. The van der Waals surface area contributed by atoms with Gasteiger partial charge < -0.3 is 10.1 Å². The Bertz CT molecular complexity index is 1290. The Kier molecular flexibility index (Phi) is 13.9. The van der Waals surface area contributed by atoms with Crippen molar-refractivity contribution in [2.24, 2.45) is 5.10 Å². The van der Waals surface area contributed by atoms with Gasteiger partial charge in [0.1, 0.15) is 5.69 Å². The minimum Gasteiger partial charge on any atom is -0.462 e. The molecule has 11 heteroatoms. The van der Waals surface area contributed by atoms with Crippen LogP contribution in [0.1, 0.15) is 101 Å². The van der Waals surface area contributed by atoms with E-state index in [2.05, 4.69) is 22.2 Å². The third-order valence-corrected chi connectivity index (χ3v) is 9.18. The lowest BCUT2D eigenvalue weighted by atomic mass is 10.1. The van der Waals surface area contributed by atoms with Crippen LogP contribution in [0.15, 0.2) is 35.4 Å². The number of rotatable bonds is 15. The zero-order valence-electron chi connectivity index (χ0n) is 25.4. The van der Waals surface area contributed by atoms with E-state index in [1.807, 2.05) is 0 Å². The summed E-state index contributed by atoms with van der Waals surface area (Å²) in [6.45, 7) is 4.09. The number of nitrogens with one attached hydrogen (secondary N) is 1. The number of benzene rings is 2. The highest BCUT2D eigenvalue weighted by atomic mass is 35.5. The number of anilines is 2. The van der Waals surface area contributed by atoms with Gasteiger partial charge in [-0.1, -0.05) is 118 Å². The molecule has 0 spiro atoms. The van der Waals surface area contributed by atoms with E-state index >= 15 is 0 Å². The molecular weight excluding hydrogens is 642 g/mol. The summed E-state index contributed by atoms with van der Waals surface area (Å²) in [5, 5.41) is 10.2. The van der Waals surface area contributed by atoms with E-state index in [4.69, 9.17) is 51.1 Å². The Balaban J connectivity index is 1.40. The molecule has 240 valence electrons. The Morgan fingerprint density at radius 1 is 0.864 bits per heavy atom. The normalized spacial score (nSPS) is 17.2. The number of nitrogens with zero attached hydrogens (tertiary/aromatic N) is 3. The quantitative estimate of drug-likeness (QED) is 0.149. The predicted octanol–water partition coefficient (Wildman–Crippen LogP) is 10.0. The molecule has 2 aliphatic rings. The van der Waals surface area contributed by atoms with Crippen LogP contribution in [0.4, 0.5) is 11.4 Å². The second-order valence-corrected chi connectivity index (χ2v) is 13.1. The number of carbonyl (C=O) groups excluding carboxylic acids is 2. The molecule has 1 unspecified atom stereocenters. The molecule has 1 saturated heterocycles. The number of hydrogen-bond donors (Lipinski definition) is 1. The number of amides is 1. The van der Waals surface area contributed by atoms with Crippen LogP contribution >= 0.6 is 46.4 Å². The van der Waals surface area contributed by atoms with Crippen LogP contribution in [0, 0.1) is 0 Å². The first kappa shape index (κ1) is 34.8. The van der Waals surface area contributed by atoms with Crippen molar-refractivity contribution >= 4 is 75.5 Å². The van der Waals surface area contributed by atoms with Gasteiger partial charge in [0.2, 0.25) is 0 Å². The van der Waals surface area contributed by atoms with Crippen LogP contribution in [0.2, 0.25) is 20.1 Å². The van der Waals surface area contributed by atoms with Crippen LogP contribution < -0.4 is 10.3 Å². The molecule has 44 heavy (non-hydrogen) atoms. The summed E-state index contributed by atoms with van der Waals surface area (Å²) in [7, 11) is 0. The van der Waals surface area contributed by atoms with Gasteiger partial charge in [-0.2, -0.15) is 5.01 Å². The highest BCUT2D eigenvalue weighted by Crippen LogP contribution is 2.39. The molecule has 0 saturated carbocycles. The summed E-state index contributed by atoms with van der Waals surface area (Å²) in [6, 6.07) is 7.26. The van der Waals surface area contributed by atoms with E-state index < -0.39 is 12.0 Å². The number of likely N-dealkylation sites (tertiary alicyclic amines) is 1. The van der Waals surface area contributed by atoms with Gasteiger partial charge in [0, 0.05) is 5.02 Å². The highest BCUT2D eigenvalue weighted by molar-refractivity contribution is 6.43. The average Bonchev–Trinajstić information content (AvgIpc) is 3.31. The van der Waals surface area contributed by atoms with Crippen LogP contribution in [0.25, 0.3) is 0 Å². The smallest absolute Gasteiger partial charge is 0.338 e. The van der Waals surface area contributed by atoms with E-state index in [-0.39, 0.29) is 21.6 Å². The van der Waals surface area contributed by atoms with E-state index in [1.54, 1.807) is 18.2 Å². The number of unbranched alkanes of at least 4 members (excludes halogenated alkanes) is 9. The molecule has 0 aromatic heterocycles. The third-order valence-electron chi connectivity index (χ3n) is 8.05. The summed E-state index contributed by atoms with van der Waals surface area (Å²) < 4.78 is 5.56. The number of piperidine rings is 1. The first-order valence-electron chi connectivity index (χ1n) is 15.8. The lowest BCUT2D eigenvalue weighted by molar-refractivity contribution is -0.121. The van der Waals surface area contributed by atoms with Crippen molar-refractivity contribution in [1.82, 2.24) is 4.90 Å². The van der Waals surface area contributed by atoms with Gasteiger partial charge in [-0.3, -0.25) is 9.69 Å². The topological polar surface area (TPSA) is 74.2 Å². The molecule has 2 aromatic carbocycles. The largest absolute Gasteiger partial charge is 0.462 e. The number of hydrazone groups is 1. The number of carbonyl (C=O) groups is 2. The highest BCUT2D eigenvalue weighted by Gasteiger charge is 2.43. The van der Waals surface area contributed by atoms with E-state index in [9.17, 15) is 9.59 Å². The molecule has 0 radical (unpaired) electrons. The average molecular weight is 685 g/mol. The molecule has 1 fully saturated rings. The lowest BCUT2D eigenvalue weighted by Crippen LogP contribution is -2.50. The van der Waals surface area contributed by atoms with Gasteiger partial charge >= 0.3 is 5.97 Å². The molecule has 1 N–H and O–H groups in total. The zero-order valence-corrected chi connectivity index (χ0v) is 28.4. The van der Waals surface area contributed by atoms with Crippen molar-refractivity contribution in [2.45, 2.75) is 96.4 Å². The SMILES string of the molecule is CCCCCCCCCCCCOC(=O)c1ccc(Cl)c(NC2=NN(c3c(Cl)cc(Cl)cc3Cl)C(=O)C2N2CCCCC2)c1. The Morgan fingerprint density at radius 3 is 2.11 bits per heavy atom. The van der Waals surface area contributed by atoms with Gasteiger partial charge in [-0.15, -0.1) is 5.10 Å². The van der Waals surface area contributed by atoms with Crippen LogP contribution in [-0.4, -0.2) is 48.4 Å². The van der Waals surface area contributed by atoms with Crippen molar-refractivity contribution in [3.8, 4) is 0 Å². The second-order valence-electron chi connectivity index (χ2n) is 11.5. The zero-order chi connectivity index (χ0) is 31.5. The van der Waals surface area contributed by atoms with Crippen molar-refractivity contribution in [2.75, 3.05) is 30.0 Å². The second kappa shape index (κ2) is 17.6. The van der Waals surface area contributed by atoms with E-state index in [1.165, 1.54) is 62.1 Å². The molecule has 2 aromatic rings. The maximum Gasteiger partial charge on any atom is 0.338 e. The standard InChI is InChI=1S/C33H42Cl4N4O3/c1-2-3-4-5-6-7-8-9-10-14-19-44-33(43)23-15-16-25(35)28(20-23)38-31-30(40-17-12-11-13-18-40)32(42)41(39-31)29-26(36)21-24(34)22-27(29)37/h15-16,20-22,30H,2-14,17-19H2,1H3,(H,38,39). The Labute approximate surface area is 281 Å². The van der Waals surface area contributed by atoms with E-state index in [0.717, 1.165) is 51.6 Å². The van der Waals surface area contributed by atoms with Crippen LogP contribution in [0.5, 0.6) is 0 Å². The number of amidine groups is 1. The molecule has 2 heterocycles. The lowest BCUT2D eigenvalue weighted by Gasteiger charge is -2.31. The molecule has 1 atom stereocenters. The van der Waals surface area contributed by atoms with Crippen molar-refractivity contribution in [1.29, 1.82) is 0 Å². The number of esters is 1. The fourth-order valence-electron chi connectivity index (χ4n) is 5.66. The van der Waals surface area contributed by atoms with Crippen LogP contribution in [-0.2, 0) is 9.53 Å². The summed E-state index contributed by atoms with van der Waals surface area (Å²) >= 11 is 25.6. The van der Waals surface area contributed by atoms with Gasteiger partial charge in [0.15, 0.2) is 11.9 Å². The fourth-order valence-corrected chi connectivity index (χ4v) is 6.81. The third kappa shape index (κ3) is 9.49. The number of hydrogen-bond acceptors (Lipinski definition) is 6. The Morgan fingerprint density at radius 2 is 1.48 bits per heavy atom. The molecule has 7 nitrogen and oxygen atoms in total. The molecule has 0 bridgehead atoms. The molecule has 4 rings (SSSR count). The summed E-state index contributed by atoms with van der Waals surface area (Å²) in [5.41, 5.74) is 1.07. The molecule has 1 amide bonds. The maximum absolute atomic E-state index is 13.8. The minimum absolute atomic E-state index is 0.212. The van der Waals surface area contributed by atoms with Gasteiger partial charge in [0.25, 0.3) is 5.91 Å². The van der Waals surface area contributed by atoms with Crippen molar-refractivity contribution in [3.63, 3.8) is 0 Å². The first-order valence-corrected chi connectivity index (χ1v) is 17.4. The number of ether oxygens (including phenoxy) is 1. The predicted molar refractivity (Wildman–Crippen MR) is 183 cm³/mol. The number of halogens is 4. The van der Waals surface area contributed by atoms with Crippen molar-refractivity contribution < 1.29 is 14.3 Å². The summed E-state index contributed by atoms with van der Waals surface area (Å²) in [5.74, 6) is -0.334. The monoisotopic (exact) mass is 682 g/mol. The molecule has 0 aliphatic carbocycles. The van der Waals surface area contributed by atoms with Gasteiger partial charge in [-0.25, -0.2) is 4.79 Å². The molecule has 2 aliphatic heterocycles. The molecular formula is C33H42Cl4N4O3. The van der Waals surface area contributed by atoms with Crippen molar-refractivity contribution in [3.05, 3.63) is 56.0 Å². The minimum atomic E-state index is -0.693. The van der Waals surface area contributed by atoms with E-state index in [0.29, 0.717) is 33.7 Å². The van der Waals surface area contributed by atoms with Crippen LogP contribution in [0.3, 0.4) is 0 Å². The maximum atomic E-state index is 13.8.